The second-order valence-corrected chi connectivity index (χ2v) is 8.45. The van der Waals surface area contributed by atoms with Gasteiger partial charge in [0.25, 0.3) is 15.9 Å². The average molecular weight is 389 g/mol. The lowest BCUT2D eigenvalue weighted by Crippen LogP contribution is -2.32. The Balaban J connectivity index is 2.07. The van der Waals surface area contributed by atoms with Crippen LogP contribution in [-0.4, -0.2) is 30.6 Å². The lowest BCUT2D eigenvalue weighted by Gasteiger charge is -2.10. The van der Waals surface area contributed by atoms with Gasteiger partial charge in [0.05, 0.1) is 0 Å². The molecule has 0 bridgehead atoms. The zero-order valence-electron chi connectivity index (χ0n) is 13.1. The van der Waals surface area contributed by atoms with Crippen molar-refractivity contribution in [2.45, 2.75) is 37.1 Å². The summed E-state index contributed by atoms with van der Waals surface area (Å²) in [5, 5.41) is 10.5. The number of nitrogens with one attached hydrogen (secondary N) is 2. The standard InChI is InChI=1S/C14H17ClN4O3S2/c1-3-4-9(2)19-24(21,22)14-18-17-13(23-14)16-12(20)10-5-7-11(15)8-6-10/h5-9,19H,3-4H2,1-2H3,(H,16,17,20)/t9-/m0/s1. The molecule has 0 saturated carbocycles. The molecule has 10 heteroatoms. The number of amides is 1. The van der Waals surface area contributed by atoms with E-state index in [1.54, 1.807) is 31.2 Å². The Morgan fingerprint density at radius 2 is 1.96 bits per heavy atom. The van der Waals surface area contributed by atoms with Crippen LogP contribution in [-0.2, 0) is 10.0 Å². The smallest absolute Gasteiger partial charge is 0.270 e. The Kier molecular flexibility index (Phi) is 6.27. The highest BCUT2D eigenvalue weighted by Crippen LogP contribution is 2.21. The molecule has 0 spiro atoms. The molecule has 1 aromatic carbocycles. The lowest BCUT2D eigenvalue weighted by atomic mass is 10.2. The van der Waals surface area contributed by atoms with Gasteiger partial charge in [0.15, 0.2) is 0 Å². The van der Waals surface area contributed by atoms with Crippen molar-refractivity contribution in [2.75, 3.05) is 5.32 Å². The van der Waals surface area contributed by atoms with Gasteiger partial charge in [-0.1, -0.05) is 36.3 Å². The van der Waals surface area contributed by atoms with Crippen molar-refractivity contribution < 1.29 is 13.2 Å². The zero-order chi connectivity index (χ0) is 17.7. The van der Waals surface area contributed by atoms with Gasteiger partial charge in [0.1, 0.15) is 0 Å². The molecule has 1 heterocycles. The molecule has 7 nitrogen and oxygen atoms in total. The molecule has 1 aromatic heterocycles. The highest BCUT2D eigenvalue weighted by molar-refractivity contribution is 7.91. The van der Waals surface area contributed by atoms with E-state index in [0.29, 0.717) is 10.6 Å². The van der Waals surface area contributed by atoms with Crippen LogP contribution in [0.2, 0.25) is 5.02 Å². The highest BCUT2D eigenvalue weighted by atomic mass is 35.5. The van der Waals surface area contributed by atoms with Crippen LogP contribution in [0.25, 0.3) is 0 Å². The fraction of sp³-hybridized carbons (Fsp3) is 0.357. The van der Waals surface area contributed by atoms with Gasteiger partial charge in [-0.25, -0.2) is 13.1 Å². The molecule has 130 valence electrons. The Morgan fingerprint density at radius 1 is 1.29 bits per heavy atom. The molecule has 0 saturated heterocycles. The summed E-state index contributed by atoms with van der Waals surface area (Å²) in [6, 6.07) is 6.10. The summed E-state index contributed by atoms with van der Waals surface area (Å²) in [7, 11) is -3.74. The van der Waals surface area contributed by atoms with Gasteiger partial charge >= 0.3 is 0 Å². The normalized spacial score (nSPS) is 12.8. The number of carbonyl (C=O) groups is 1. The summed E-state index contributed by atoms with van der Waals surface area (Å²) < 4.78 is 26.7. The van der Waals surface area contributed by atoms with E-state index in [-0.39, 0.29) is 15.5 Å². The van der Waals surface area contributed by atoms with Crippen molar-refractivity contribution in [3.05, 3.63) is 34.9 Å². The van der Waals surface area contributed by atoms with E-state index in [4.69, 9.17) is 11.6 Å². The predicted molar refractivity (Wildman–Crippen MR) is 94.0 cm³/mol. The third-order valence-electron chi connectivity index (χ3n) is 3.04. The molecule has 0 fully saturated rings. The third-order valence-corrected chi connectivity index (χ3v) is 6.09. The first-order valence-corrected chi connectivity index (χ1v) is 9.92. The van der Waals surface area contributed by atoms with Gasteiger partial charge in [0.2, 0.25) is 9.47 Å². The molecule has 0 aliphatic carbocycles. The molecule has 2 aromatic rings. The number of rotatable bonds is 7. The van der Waals surface area contributed by atoms with Gasteiger partial charge in [-0.2, -0.15) is 0 Å². The zero-order valence-corrected chi connectivity index (χ0v) is 15.5. The van der Waals surface area contributed by atoms with Crippen molar-refractivity contribution in [1.29, 1.82) is 0 Å². The van der Waals surface area contributed by atoms with Crippen molar-refractivity contribution in [3.8, 4) is 0 Å². The van der Waals surface area contributed by atoms with Crippen LogP contribution in [0, 0.1) is 0 Å². The fourth-order valence-electron chi connectivity index (χ4n) is 1.95. The second-order valence-electron chi connectivity index (χ2n) is 5.15. The first kappa shape index (κ1) is 18.8. The molecule has 0 unspecified atom stereocenters. The minimum Gasteiger partial charge on any atom is -0.296 e. The van der Waals surface area contributed by atoms with Gasteiger partial charge in [-0.15, -0.1) is 10.2 Å². The Bertz CT molecular complexity index is 806. The minimum atomic E-state index is -3.74. The van der Waals surface area contributed by atoms with Crippen molar-refractivity contribution in [3.63, 3.8) is 0 Å². The quantitative estimate of drug-likeness (QED) is 0.710. The second kappa shape index (κ2) is 8.02. The molecule has 24 heavy (non-hydrogen) atoms. The van der Waals surface area contributed by atoms with Gasteiger partial charge in [-0.3, -0.25) is 10.1 Å². The maximum Gasteiger partial charge on any atom is 0.270 e. The highest BCUT2D eigenvalue weighted by Gasteiger charge is 2.22. The summed E-state index contributed by atoms with van der Waals surface area (Å²) in [5.74, 6) is -0.418. The molecule has 0 radical (unpaired) electrons. The number of anilines is 1. The van der Waals surface area contributed by atoms with Crippen LogP contribution in [0.1, 0.15) is 37.0 Å². The predicted octanol–water partition coefficient (Wildman–Crippen LogP) is 2.91. The third kappa shape index (κ3) is 4.97. The van der Waals surface area contributed by atoms with Gasteiger partial charge < -0.3 is 0 Å². The van der Waals surface area contributed by atoms with Crippen LogP contribution in [0.3, 0.4) is 0 Å². The van der Waals surface area contributed by atoms with Crippen LogP contribution in [0.15, 0.2) is 28.6 Å². The van der Waals surface area contributed by atoms with Crippen molar-refractivity contribution in [2.24, 2.45) is 0 Å². The minimum absolute atomic E-state index is 0.110. The number of hydrogen-bond acceptors (Lipinski definition) is 6. The maximum absolute atomic E-state index is 12.2. The number of hydrogen-bond donors (Lipinski definition) is 2. The van der Waals surface area contributed by atoms with Crippen LogP contribution in [0.4, 0.5) is 5.13 Å². The number of benzene rings is 1. The summed E-state index contributed by atoms with van der Waals surface area (Å²) in [6.07, 6.45) is 1.58. The number of nitrogens with zero attached hydrogens (tertiary/aromatic N) is 2. The van der Waals surface area contributed by atoms with E-state index in [9.17, 15) is 13.2 Å². The molecule has 0 aliphatic heterocycles. The number of sulfonamides is 1. The SMILES string of the molecule is CCC[C@H](C)NS(=O)(=O)c1nnc(NC(=O)c2ccc(Cl)cc2)s1. The summed E-state index contributed by atoms with van der Waals surface area (Å²) in [6.45, 7) is 3.76. The van der Waals surface area contributed by atoms with E-state index in [2.05, 4.69) is 20.2 Å². The van der Waals surface area contributed by atoms with Crippen molar-refractivity contribution in [1.82, 2.24) is 14.9 Å². The average Bonchev–Trinajstić information content (AvgIpc) is 2.97. The van der Waals surface area contributed by atoms with Crippen molar-refractivity contribution >= 4 is 44.0 Å². The fourth-order valence-corrected chi connectivity index (χ4v) is 4.26. The van der Waals surface area contributed by atoms with Crippen LogP contribution in [0.5, 0.6) is 0 Å². The first-order chi connectivity index (χ1) is 11.3. The van der Waals surface area contributed by atoms with Crippen LogP contribution < -0.4 is 10.0 Å². The molecule has 1 atom stereocenters. The Hall–Kier alpha value is -1.55. The van der Waals surface area contributed by atoms with E-state index >= 15 is 0 Å². The van der Waals surface area contributed by atoms with Gasteiger partial charge in [-0.05, 0) is 37.6 Å². The number of halogens is 1. The molecule has 2 rings (SSSR count). The monoisotopic (exact) mass is 388 g/mol. The van der Waals surface area contributed by atoms with E-state index in [0.717, 1.165) is 24.2 Å². The molecular weight excluding hydrogens is 372 g/mol. The van der Waals surface area contributed by atoms with E-state index < -0.39 is 15.9 Å². The first-order valence-electron chi connectivity index (χ1n) is 7.24. The number of carbonyl (C=O) groups excluding carboxylic acids is 1. The maximum atomic E-state index is 12.2. The summed E-state index contributed by atoms with van der Waals surface area (Å²) in [5.41, 5.74) is 0.383. The molecule has 2 N–H and O–H groups in total. The summed E-state index contributed by atoms with van der Waals surface area (Å²) in [4.78, 5) is 12.1. The van der Waals surface area contributed by atoms with E-state index in [1.807, 2.05) is 6.92 Å². The van der Waals surface area contributed by atoms with E-state index in [1.165, 1.54) is 0 Å². The topological polar surface area (TPSA) is 101 Å². The Labute approximate surface area is 149 Å². The summed E-state index contributed by atoms with van der Waals surface area (Å²) >= 11 is 6.56. The lowest BCUT2D eigenvalue weighted by molar-refractivity contribution is 0.102. The molecule has 0 aliphatic rings. The molecular formula is C14H17ClN4O3S2. The largest absolute Gasteiger partial charge is 0.296 e. The Morgan fingerprint density at radius 3 is 2.58 bits per heavy atom. The molecule has 1 amide bonds. The van der Waals surface area contributed by atoms with Crippen LogP contribution >= 0.6 is 22.9 Å². The number of aromatic nitrogens is 2. The van der Waals surface area contributed by atoms with Gasteiger partial charge in [0, 0.05) is 16.6 Å².